The lowest BCUT2D eigenvalue weighted by Crippen LogP contribution is -2.45. The number of esters is 1. The summed E-state index contributed by atoms with van der Waals surface area (Å²) in [5.41, 5.74) is -1.00. The molecule has 0 amide bonds. The van der Waals surface area contributed by atoms with Crippen LogP contribution < -0.4 is 5.32 Å². The van der Waals surface area contributed by atoms with E-state index in [2.05, 4.69) is 10.2 Å². The minimum absolute atomic E-state index is 0.0300. The van der Waals surface area contributed by atoms with Crippen LogP contribution >= 0.6 is 0 Å². The molecule has 162 valence electrons. The molecule has 2 fully saturated rings. The molecule has 4 rings (SSSR count). The Morgan fingerprint density at radius 3 is 2.50 bits per heavy atom. The van der Waals surface area contributed by atoms with Gasteiger partial charge in [-0.05, 0) is 30.5 Å². The molecule has 1 aromatic heterocycles. The third-order valence-corrected chi connectivity index (χ3v) is 6.37. The van der Waals surface area contributed by atoms with Gasteiger partial charge in [0.05, 0.1) is 6.54 Å². The van der Waals surface area contributed by atoms with Crippen molar-refractivity contribution in [2.45, 2.75) is 50.9 Å². The third-order valence-electron chi connectivity index (χ3n) is 6.37. The van der Waals surface area contributed by atoms with Gasteiger partial charge >= 0.3 is 5.97 Å². The highest BCUT2D eigenvalue weighted by Gasteiger charge is 2.47. The number of carbonyl (C=O) groups is 1. The van der Waals surface area contributed by atoms with Gasteiger partial charge < -0.3 is 19.6 Å². The van der Waals surface area contributed by atoms with Crippen LogP contribution in [0, 0.1) is 5.92 Å². The van der Waals surface area contributed by atoms with E-state index in [1.54, 1.807) is 0 Å². The molecule has 2 N–H and O–H groups in total. The molecule has 1 saturated carbocycles. The first-order chi connectivity index (χ1) is 14.7. The van der Waals surface area contributed by atoms with Gasteiger partial charge in [0.25, 0.3) is 0 Å². The summed E-state index contributed by atoms with van der Waals surface area (Å²) in [5, 5.41) is 14.9. The number of hydrogen-bond donors (Lipinski definition) is 2. The summed E-state index contributed by atoms with van der Waals surface area (Å²) in [4.78, 5) is 15.5. The third kappa shape index (κ3) is 4.77. The predicted molar refractivity (Wildman–Crippen MR) is 114 cm³/mol. The fourth-order valence-corrected chi connectivity index (χ4v) is 4.65. The molecule has 0 bridgehead atoms. The van der Waals surface area contributed by atoms with Crippen molar-refractivity contribution in [3.05, 3.63) is 59.5 Å². The lowest BCUT2D eigenvalue weighted by molar-refractivity contribution is -0.177. The highest BCUT2D eigenvalue weighted by molar-refractivity contribution is 5.81. The first-order valence-corrected chi connectivity index (χ1v) is 11.1. The topological polar surface area (TPSA) is 74.9 Å². The summed E-state index contributed by atoms with van der Waals surface area (Å²) in [6, 6.07) is 13.0. The summed E-state index contributed by atoms with van der Waals surface area (Å²) in [6.07, 6.45) is 4.87. The van der Waals surface area contributed by atoms with Gasteiger partial charge in [-0.2, -0.15) is 0 Å². The SMILES string of the molecule is O=C(OCc1ccc(CN2CCNCC2)o1)[C@@](O)(c1ccccc1)C1CCCCC1. The number of rotatable bonds is 7. The Morgan fingerprint density at radius 1 is 1.07 bits per heavy atom. The second-order valence-corrected chi connectivity index (χ2v) is 8.44. The van der Waals surface area contributed by atoms with E-state index in [9.17, 15) is 9.90 Å². The monoisotopic (exact) mass is 412 g/mol. The van der Waals surface area contributed by atoms with Crippen LogP contribution in [0.5, 0.6) is 0 Å². The second-order valence-electron chi connectivity index (χ2n) is 8.44. The maximum absolute atomic E-state index is 13.1. The molecule has 2 aliphatic rings. The van der Waals surface area contributed by atoms with Crippen LogP contribution in [-0.2, 0) is 28.3 Å². The maximum Gasteiger partial charge on any atom is 0.343 e. The largest absolute Gasteiger partial charge is 0.461 e. The van der Waals surface area contributed by atoms with Crippen molar-refractivity contribution in [3.63, 3.8) is 0 Å². The molecule has 1 aliphatic carbocycles. The van der Waals surface area contributed by atoms with E-state index in [0.29, 0.717) is 11.3 Å². The Labute approximate surface area is 178 Å². The van der Waals surface area contributed by atoms with Crippen LogP contribution in [0.4, 0.5) is 0 Å². The first kappa shape index (κ1) is 21.1. The van der Waals surface area contributed by atoms with E-state index < -0.39 is 11.6 Å². The molecule has 1 aromatic carbocycles. The van der Waals surface area contributed by atoms with Crippen molar-refractivity contribution in [1.82, 2.24) is 10.2 Å². The van der Waals surface area contributed by atoms with Crippen LogP contribution in [-0.4, -0.2) is 42.2 Å². The number of benzene rings is 1. The van der Waals surface area contributed by atoms with E-state index in [-0.39, 0.29) is 12.5 Å². The van der Waals surface area contributed by atoms with E-state index in [0.717, 1.165) is 70.6 Å². The average Bonchev–Trinajstić information content (AvgIpc) is 3.26. The minimum Gasteiger partial charge on any atom is -0.461 e. The summed E-state index contributed by atoms with van der Waals surface area (Å²) in [7, 11) is 0. The molecular weight excluding hydrogens is 380 g/mol. The van der Waals surface area contributed by atoms with Gasteiger partial charge in [-0.25, -0.2) is 4.79 Å². The number of aliphatic hydroxyl groups is 1. The molecule has 6 nitrogen and oxygen atoms in total. The van der Waals surface area contributed by atoms with Gasteiger partial charge in [0.15, 0.2) is 5.60 Å². The Morgan fingerprint density at radius 2 is 1.77 bits per heavy atom. The van der Waals surface area contributed by atoms with E-state index in [1.165, 1.54) is 0 Å². The van der Waals surface area contributed by atoms with E-state index in [1.807, 2.05) is 42.5 Å². The van der Waals surface area contributed by atoms with Crippen molar-refractivity contribution in [2.75, 3.05) is 26.2 Å². The van der Waals surface area contributed by atoms with Crippen molar-refractivity contribution >= 4 is 5.97 Å². The normalized spacial score (nSPS) is 20.6. The highest BCUT2D eigenvalue weighted by atomic mass is 16.6. The zero-order valence-corrected chi connectivity index (χ0v) is 17.5. The van der Waals surface area contributed by atoms with Gasteiger partial charge in [-0.1, -0.05) is 49.6 Å². The second kappa shape index (κ2) is 9.77. The number of furan rings is 1. The van der Waals surface area contributed by atoms with Crippen LogP contribution in [0.3, 0.4) is 0 Å². The number of hydrogen-bond acceptors (Lipinski definition) is 6. The lowest BCUT2D eigenvalue weighted by Gasteiger charge is -2.36. The van der Waals surface area contributed by atoms with Gasteiger partial charge in [0.2, 0.25) is 0 Å². The lowest BCUT2D eigenvalue weighted by atomic mass is 9.73. The predicted octanol–water partition coefficient (Wildman–Crippen LogP) is 3.20. The molecular formula is C24H32N2O4. The standard InChI is InChI=1S/C24H32N2O4/c27-23(24(28,19-7-3-1-4-8-19)20-9-5-2-6-10-20)29-18-22-12-11-21(30-22)17-26-15-13-25-14-16-26/h1,3-4,7-8,11-12,20,25,28H,2,5-6,9-10,13-18H2/t24-/m1/s1. The Hall–Kier alpha value is -2.15. The molecule has 0 spiro atoms. The van der Waals surface area contributed by atoms with Gasteiger partial charge in [-0.3, -0.25) is 4.90 Å². The number of carbonyl (C=O) groups excluding carboxylic acids is 1. The molecule has 0 radical (unpaired) electrons. The van der Waals surface area contributed by atoms with Crippen LogP contribution in [0.25, 0.3) is 0 Å². The molecule has 2 heterocycles. The molecule has 1 saturated heterocycles. The van der Waals surface area contributed by atoms with Gasteiger partial charge in [-0.15, -0.1) is 0 Å². The van der Waals surface area contributed by atoms with E-state index in [4.69, 9.17) is 9.15 Å². The Balaban J connectivity index is 1.41. The summed E-state index contributed by atoms with van der Waals surface area (Å²) >= 11 is 0. The average molecular weight is 413 g/mol. The summed E-state index contributed by atoms with van der Waals surface area (Å²) < 4.78 is 11.5. The number of ether oxygens (including phenoxy) is 1. The Kier molecular flexibility index (Phi) is 6.87. The smallest absolute Gasteiger partial charge is 0.343 e. The van der Waals surface area contributed by atoms with Crippen LogP contribution in [0.2, 0.25) is 0 Å². The Bertz CT molecular complexity index is 810. The van der Waals surface area contributed by atoms with Crippen molar-refractivity contribution < 1.29 is 19.1 Å². The summed E-state index contributed by atoms with van der Waals surface area (Å²) in [5.74, 6) is 0.766. The maximum atomic E-state index is 13.1. The fourth-order valence-electron chi connectivity index (χ4n) is 4.65. The molecule has 1 atom stereocenters. The fraction of sp³-hybridized carbons (Fsp3) is 0.542. The minimum atomic E-state index is -1.61. The van der Waals surface area contributed by atoms with Crippen molar-refractivity contribution in [2.24, 2.45) is 5.92 Å². The zero-order valence-electron chi connectivity index (χ0n) is 17.5. The molecule has 1 aliphatic heterocycles. The first-order valence-electron chi connectivity index (χ1n) is 11.1. The van der Waals surface area contributed by atoms with E-state index >= 15 is 0 Å². The molecule has 2 aromatic rings. The molecule has 30 heavy (non-hydrogen) atoms. The number of piperazine rings is 1. The van der Waals surface area contributed by atoms with Gasteiger partial charge in [0, 0.05) is 32.1 Å². The quantitative estimate of drug-likeness (QED) is 0.681. The molecule has 0 unspecified atom stereocenters. The van der Waals surface area contributed by atoms with Gasteiger partial charge in [0.1, 0.15) is 18.1 Å². The van der Waals surface area contributed by atoms with Crippen LogP contribution in [0.1, 0.15) is 49.2 Å². The number of nitrogens with one attached hydrogen (secondary N) is 1. The zero-order chi connectivity index (χ0) is 20.8. The summed E-state index contributed by atoms with van der Waals surface area (Å²) in [6.45, 7) is 4.76. The van der Waals surface area contributed by atoms with Crippen LogP contribution in [0.15, 0.2) is 46.9 Å². The molecule has 6 heteroatoms. The highest BCUT2D eigenvalue weighted by Crippen LogP contribution is 2.40. The van der Waals surface area contributed by atoms with Crippen molar-refractivity contribution in [1.29, 1.82) is 0 Å². The van der Waals surface area contributed by atoms with Crippen molar-refractivity contribution in [3.8, 4) is 0 Å². The number of nitrogens with zero attached hydrogens (tertiary/aromatic N) is 1.